The maximum atomic E-state index is 13.1. The number of nitrogens with zero attached hydrogens (tertiary/aromatic N) is 1. The zero-order chi connectivity index (χ0) is 20.4. The summed E-state index contributed by atoms with van der Waals surface area (Å²) in [5.74, 6) is -1.25. The Kier molecular flexibility index (Phi) is 5.98. The largest absolute Gasteiger partial charge is 0.454 e. The Labute approximate surface area is 159 Å². The summed E-state index contributed by atoms with van der Waals surface area (Å²) in [4.78, 5) is 39.6. The average molecular weight is 377 g/mol. The lowest BCUT2D eigenvalue weighted by atomic mass is 9.87. The summed E-state index contributed by atoms with van der Waals surface area (Å²) in [6, 6.07) is 3.14. The normalized spacial score (nSPS) is 14.6. The van der Waals surface area contributed by atoms with Crippen LogP contribution in [-0.4, -0.2) is 48.0 Å². The molecule has 3 N–H and O–H groups in total. The van der Waals surface area contributed by atoms with Crippen molar-refractivity contribution < 1.29 is 23.9 Å². The van der Waals surface area contributed by atoms with E-state index in [9.17, 15) is 14.4 Å². The Morgan fingerprint density at radius 3 is 2.37 bits per heavy atom. The number of benzene rings is 1. The van der Waals surface area contributed by atoms with E-state index in [0.29, 0.717) is 18.8 Å². The fourth-order valence-corrected chi connectivity index (χ4v) is 2.85. The minimum absolute atomic E-state index is 0.0458. The zero-order valence-corrected chi connectivity index (χ0v) is 16.4. The van der Waals surface area contributed by atoms with Gasteiger partial charge in [0, 0.05) is 13.1 Å². The molecule has 3 amide bonds. The van der Waals surface area contributed by atoms with Gasteiger partial charge in [0.2, 0.25) is 12.7 Å². The van der Waals surface area contributed by atoms with Gasteiger partial charge in [0.25, 0.3) is 11.8 Å². The number of fused-ring (bicyclic) bond motifs is 1. The number of nitrogens with two attached hydrogens (primary N) is 1. The van der Waals surface area contributed by atoms with E-state index in [1.807, 2.05) is 13.8 Å². The Bertz CT molecular complexity index is 758. The maximum absolute atomic E-state index is 13.1. The monoisotopic (exact) mass is 377 g/mol. The highest BCUT2D eigenvalue weighted by atomic mass is 16.7. The van der Waals surface area contributed by atoms with Gasteiger partial charge >= 0.3 is 0 Å². The van der Waals surface area contributed by atoms with Gasteiger partial charge in [-0.25, -0.2) is 0 Å². The predicted octanol–water partition coefficient (Wildman–Crippen LogP) is 1.53. The molecule has 1 aliphatic heterocycles. The molecule has 0 radical (unpaired) electrons. The van der Waals surface area contributed by atoms with Crippen molar-refractivity contribution in [1.29, 1.82) is 0 Å². The fraction of sp³-hybridized carbons (Fsp3) is 0.526. The van der Waals surface area contributed by atoms with Crippen LogP contribution < -0.4 is 20.5 Å². The van der Waals surface area contributed by atoms with Crippen LogP contribution in [-0.2, 0) is 4.79 Å². The first-order valence-corrected chi connectivity index (χ1v) is 9.01. The number of ether oxygens (including phenoxy) is 2. The summed E-state index contributed by atoms with van der Waals surface area (Å²) in [7, 11) is 0. The topological polar surface area (TPSA) is 111 Å². The molecule has 8 heteroatoms. The van der Waals surface area contributed by atoms with Gasteiger partial charge in [-0.1, -0.05) is 13.8 Å². The van der Waals surface area contributed by atoms with Crippen LogP contribution in [0, 0.1) is 5.92 Å². The van der Waals surface area contributed by atoms with E-state index in [4.69, 9.17) is 15.2 Å². The number of nitrogens with one attached hydrogen (secondary N) is 1. The minimum atomic E-state index is -1.28. The highest BCUT2D eigenvalue weighted by Gasteiger charge is 2.39. The lowest BCUT2D eigenvalue weighted by Crippen LogP contribution is -2.58. The molecule has 0 saturated carbocycles. The quantitative estimate of drug-likeness (QED) is 0.748. The molecule has 0 aliphatic carbocycles. The van der Waals surface area contributed by atoms with Gasteiger partial charge in [-0.05, 0) is 38.8 Å². The molecule has 0 fully saturated rings. The highest BCUT2D eigenvalue weighted by molar-refractivity contribution is 6.11. The van der Waals surface area contributed by atoms with E-state index in [1.165, 1.54) is 0 Å². The molecular formula is C19H27N3O5. The molecule has 0 aromatic heterocycles. The Morgan fingerprint density at radius 1 is 1.22 bits per heavy atom. The molecule has 1 heterocycles. The van der Waals surface area contributed by atoms with Crippen molar-refractivity contribution >= 4 is 17.7 Å². The van der Waals surface area contributed by atoms with E-state index >= 15 is 0 Å². The van der Waals surface area contributed by atoms with Gasteiger partial charge in [0.1, 0.15) is 5.54 Å². The first-order chi connectivity index (χ1) is 12.7. The van der Waals surface area contributed by atoms with Crippen LogP contribution in [0.5, 0.6) is 11.5 Å². The zero-order valence-electron chi connectivity index (χ0n) is 16.4. The summed E-state index contributed by atoms with van der Waals surface area (Å²) in [5.41, 5.74) is 4.47. The maximum Gasteiger partial charge on any atom is 0.256 e. The fourth-order valence-electron chi connectivity index (χ4n) is 2.85. The average Bonchev–Trinajstić information content (AvgIpc) is 3.09. The van der Waals surface area contributed by atoms with E-state index in [2.05, 4.69) is 5.32 Å². The second-order valence-electron chi connectivity index (χ2n) is 6.87. The molecule has 1 aliphatic rings. The third-order valence-corrected chi connectivity index (χ3v) is 5.09. The van der Waals surface area contributed by atoms with Crippen molar-refractivity contribution in [3.05, 3.63) is 23.3 Å². The summed E-state index contributed by atoms with van der Waals surface area (Å²) in [5, 5.41) is 2.69. The van der Waals surface area contributed by atoms with E-state index in [-0.39, 0.29) is 35.5 Å². The molecule has 1 aromatic rings. The van der Waals surface area contributed by atoms with Crippen molar-refractivity contribution in [3.63, 3.8) is 0 Å². The lowest BCUT2D eigenvalue weighted by molar-refractivity contribution is -0.125. The standard InChI is InChI=1S/C19H27N3O5/c1-6-22(7-2)17(24)12-8-9-13-15(27-10-26-13)14(12)16(23)21-19(5,11(3)4)18(20)25/h8-9,11H,6-7,10H2,1-5H3,(H2,20,25)(H,21,23). The Morgan fingerprint density at radius 2 is 1.85 bits per heavy atom. The molecule has 27 heavy (non-hydrogen) atoms. The van der Waals surface area contributed by atoms with Gasteiger partial charge < -0.3 is 25.4 Å². The van der Waals surface area contributed by atoms with E-state index in [0.717, 1.165) is 0 Å². The number of hydrogen-bond donors (Lipinski definition) is 2. The van der Waals surface area contributed by atoms with E-state index in [1.54, 1.807) is 37.8 Å². The molecule has 148 valence electrons. The summed E-state index contributed by atoms with van der Waals surface area (Å²) < 4.78 is 10.8. The van der Waals surface area contributed by atoms with Crippen LogP contribution in [0.2, 0.25) is 0 Å². The Hall–Kier alpha value is -2.77. The Balaban J connectivity index is 2.54. The number of rotatable bonds is 7. The number of hydrogen-bond acceptors (Lipinski definition) is 5. The third kappa shape index (κ3) is 3.70. The van der Waals surface area contributed by atoms with Crippen LogP contribution in [0.15, 0.2) is 12.1 Å². The molecule has 0 saturated heterocycles. The van der Waals surface area contributed by atoms with Crippen LogP contribution in [0.4, 0.5) is 0 Å². The molecule has 0 bridgehead atoms. The number of amides is 3. The van der Waals surface area contributed by atoms with Crippen LogP contribution >= 0.6 is 0 Å². The van der Waals surface area contributed by atoms with Crippen molar-refractivity contribution in [1.82, 2.24) is 10.2 Å². The van der Waals surface area contributed by atoms with Gasteiger partial charge in [-0.15, -0.1) is 0 Å². The molecule has 2 rings (SSSR count). The summed E-state index contributed by atoms with van der Waals surface area (Å²) in [6.07, 6.45) is 0. The second-order valence-corrected chi connectivity index (χ2v) is 6.87. The first kappa shape index (κ1) is 20.5. The molecule has 8 nitrogen and oxygen atoms in total. The minimum Gasteiger partial charge on any atom is -0.454 e. The van der Waals surface area contributed by atoms with Crippen LogP contribution in [0.25, 0.3) is 0 Å². The molecular weight excluding hydrogens is 350 g/mol. The van der Waals surface area contributed by atoms with Gasteiger partial charge in [-0.3, -0.25) is 14.4 Å². The van der Waals surface area contributed by atoms with Crippen molar-refractivity contribution in [2.75, 3.05) is 19.9 Å². The number of primary amides is 1. The third-order valence-electron chi connectivity index (χ3n) is 5.09. The summed E-state index contributed by atoms with van der Waals surface area (Å²) >= 11 is 0. The second kappa shape index (κ2) is 7.85. The number of carbonyl (C=O) groups excluding carboxylic acids is 3. The predicted molar refractivity (Wildman–Crippen MR) is 99.7 cm³/mol. The lowest BCUT2D eigenvalue weighted by Gasteiger charge is -2.32. The van der Waals surface area contributed by atoms with Crippen LogP contribution in [0.3, 0.4) is 0 Å². The molecule has 0 spiro atoms. The van der Waals surface area contributed by atoms with Crippen molar-refractivity contribution in [2.45, 2.75) is 40.2 Å². The molecule has 1 unspecified atom stereocenters. The molecule has 1 atom stereocenters. The smallest absolute Gasteiger partial charge is 0.256 e. The van der Waals surface area contributed by atoms with Gasteiger partial charge in [-0.2, -0.15) is 0 Å². The van der Waals surface area contributed by atoms with E-state index < -0.39 is 17.4 Å². The van der Waals surface area contributed by atoms with Crippen molar-refractivity contribution in [3.8, 4) is 11.5 Å². The van der Waals surface area contributed by atoms with Crippen LogP contribution in [0.1, 0.15) is 55.3 Å². The molecule has 1 aromatic carbocycles. The summed E-state index contributed by atoms with van der Waals surface area (Å²) in [6.45, 7) is 9.78. The van der Waals surface area contributed by atoms with Crippen molar-refractivity contribution in [2.24, 2.45) is 11.7 Å². The SMILES string of the molecule is CCN(CC)C(=O)c1ccc2c(c1C(=O)NC(C)(C(N)=O)C(C)C)OCO2. The first-order valence-electron chi connectivity index (χ1n) is 9.01. The number of carbonyl (C=O) groups is 3. The van der Waals surface area contributed by atoms with Gasteiger partial charge in [0.15, 0.2) is 11.5 Å². The van der Waals surface area contributed by atoms with Gasteiger partial charge in [0.05, 0.1) is 11.1 Å². The highest BCUT2D eigenvalue weighted by Crippen LogP contribution is 2.38.